The van der Waals surface area contributed by atoms with Crippen LogP contribution in [0.15, 0.2) is 17.8 Å². The van der Waals surface area contributed by atoms with Crippen molar-refractivity contribution in [2.75, 3.05) is 13.6 Å². The average Bonchev–Trinajstić information content (AvgIpc) is 3.04. The summed E-state index contributed by atoms with van der Waals surface area (Å²) in [4.78, 5) is 6.81. The number of nitrogens with zero attached hydrogens (tertiary/aromatic N) is 4. The first-order valence-corrected chi connectivity index (χ1v) is 8.24. The van der Waals surface area contributed by atoms with Crippen molar-refractivity contribution in [3.05, 3.63) is 34.0 Å². The number of alkyl halides is 1. The molecule has 2 rings (SSSR count). The van der Waals surface area contributed by atoms with Crippen molar-refractivity contribution < 1.29 is 0 Å². The van der Waals surface area contributed by atoms with E-state index in [1.54, 1.807) is 11.3 Å². The van der Waals surface area contributed by atoms with Gasteiger partial charge in [-0.2, -0.15) is 5.10 Å². The van der Waals surface area contributed by atoms with E-state index in [1.807, 2.05) is 17.9 Å². The maximum Gasteiger partial charge on any atom is 0.0928 e. The van der Waals surface area contributed by atoms with E-state index in [1.165, 1.54) is 23.4 Å². The maximum atomic E-state index is 5.75. The molecule has 0 unspecified atom stereocenters. The molecule has 0 saturated heterocycles. The molecule has 0 atom stereocenters. The SMILES string of the molecule is CN(CCCCc1nc(CCl)cs1)Cc1cnn(C)c1. The van der Waals surface area contributed by atoms with Crippen molar-refractivity contribution in [1.82, 2.24) is 19.7 Å². The predicted molar refractivity (Wildman–Crippen MR) is 84.2 cm³/mol. The number of hydrogen-bond acceptors (Lipinski definition) is 4. The van der Waals surface area contributed by atoms with E-state index < -0.39 is 0 Å². The molecule has 0 aliphatic carbocycles. The molecule has 0 bridgehead atoms. The fraction of sp³-hybridized carbons (Fsp3) is 0.571. The molecule has 0 N–H and O–H groups in total. The molecule has 0 aromatic carbocycles. The minimum absolute atomic E-state index is 0.518. The molecule has 2 aromatic rings. The second-order valence-corrected chi connectivity index (χ2v) is 6.29. The van der Waals surface area contributed by atoms with Crippen molar-refractivity contribution in [1.29, 1.82) is 0 Å². The van der Waals surface area contributed by atoms with Gasteiger partial charge in [0.25, 0.3) is 0 Å². The van der Waals surface area contributed by atoms with Gasteiger partial charge in [-0.15, -0.1) is 22.9 Å². The monoisotopic (exact) mass is 312 g/mol. The van der Waals surface area contributed by atoms with Gasteiger partial charge in [-0.3, -0.25) is 4.68 Å². The lowest BCUT2D eigenvalue weighted by atomic mass is 10.2. The molecule has 110 valence electrons. The van der Waals surface area contributed by atoms with Crippen LogP contribution in [0.25, 0.3) is 0 Å². The van der Waals surface area contributed by atoms with E-state index in [4.69, 9.17) is 11.6 Å². The Bertz CT molecular complexity index is 523. The molecule has 0 aliphatic heterocycles. The van der Waals surface area contributed by atoms with Gasteiger partial charge in [0.15, 0.2) is 0 Å². The Kier molecular flexibility index (Phi) is 6.01. The van der Waals surface area contributed by atoms with Crippen LogP contribution in [-0.2, 0) is 25.9 Å². The summed E-state index contributed by atoms with van der Waals surface area (Å²) < 4.78 is 1.85. The number of halogens is 1. The fourth-order valence-corrected chi connectivity index (χ4v) is 3.20. The maximum absolute atomic E-state index is 5.75. The average molecular weight is 313 g/mol. The van der Waals surface area contributed by atoms with Crippen molar-refractivity contribution in [2.45, 2.75) is 31.7 Å². The molecule has 0 aliphatic rings. The Labute approximate surface area is 129 Å². The summed E-state index contributed by atoms with van der Waals surface area (Å²) in [6.45, 7) is 2.06. The Morgan fingerprint density at radius 1 is 1.40 bits per heavy atom. The zero-order valence-electron chi connectivity index (χ0n) is 12.0. The fourth-order valence-electron chi connectivity index (χ4n) is 2.13. The van der Waals surface area contributed by atoms with Crippen LogP contribution >= 0.6 is 22.9 Å². The van der Waals surface area contributed by atoms with Crippen molar-refractivity contribution in [3.8, 4) is 0 Å². The van der Waals surface area contributed by atoms with E-state index in [0.717, 1.165) is 25.2 Å². The van der Waals surface area contributed by atoms with Crippen molar-refractivity contribution >= 4 is 22.9 Å². The van der Waals surface area contributed by atoms with Crippen LogP contribution in [0.5, 0.6) is 0 Å². The molecule has 0 fully saturated rings. The number of rotatable bonds is 8. The van der Waals surface area contributed by atoms with Gasteiger partial charge < -0.3 is 4.90 Å². The normalized spacial score (nSPS) is 11.4. The Morgan fingerprint density at radius 2 is 2.25 bits per heavy atom. The van der Waals surface area contributed by atoms with Crippen LogP contribution < -0.4 is 0 Å². The zero-order valence-corrected chi connectivity index (χ0v) is 13.6. The lowest BCUT2D eigenvalue weighted by Crippen LogP contribution is -2.18. The van der Waals surface area contributed by atoms with Crippen LogP contribution in [0.3, 0.4) is 0 Å². The molecule has 0 radical (unpaired) electrons. The van der Waals surface area contributed by atoms with Gasteiger partial charge in [0.1, 0.15) is 0 Å². The number of aromatic nitrogens is 3. The molecule has 2 aromatic heterocycles. The first kappa shape index (κ1) is 15.5. The Balaban J connectivity index is 1.62. The van der Waals surface area contributed by atoms with Crippen molar-refractivity contribution in [3.63, 3.8) is 0 Å². The van der Waals surface area contributed by atoms with E-state index in [9.17, 15) is 0 Å². The largest absolute Gasteiger partial charge is 0.302 e. The highest BCUT2D eigenvalue weighted by molar-refractivity contribution is 7.09. The molecule has 0 spiro atoms. The lowest BCUT2D eigenvalue weighted by Gasteiger charge is -2.14. The van der Waals surface area contributed by atoms with Gasteiger partial charge in [-0.1, -0.05) is 0 Å². The third kappa shape index (κ3) is 4.89. The van der Waals surface area contributed by atoms with Crippen LogP contribution in [0.2, 0.25) is 0 Å². The predicted octanol–water partition coefficient (Wildman–Crippen LogP) is 3.07. The van der Waals surface area contributed by atoms with Gasteiger partial charge >= 0.3 is 0 Å². The first-order chi connectivity index (χ1) is 9.67. The molecule has 2 heterocycles. The molecular formula is C14H21ClN4S. The van der Waals surface area contributed by atoms with Gasteiger partial charge in [0, 0.05) is 30.7 Å². The van der Waals surface area contributed by atoms with E-state index >= 15 is 0 Å². The third-order valence-electron chi connectivity index (χ3n) is 3.13. The number of thiazole rings is 1. The summed E-state index contributed by atoms with van der Waals surface area (Å²) in [7, 11) is 4.11. The molecule has 20 heavy (non-hydrogen) atoms. The topological polar surface area (TPSA) is 34.0 Å². The van der Waals surface area contributed by atoms with E-state index in [-0.39, 0.29) is 0 Å². The summed E-state index contributed by atoms with van der Waals surface area (Å²) in [5, 5.41) is 7.45. The minimum atomic E-state index is 0.518. The summed E-state index contributed by atoms with van der Waals surface area (Å²) in [5.41, 5.74) is 2.27. The zero-order chi connectivity index (χ0) is 14.4. The third-order valence-corrected chi connectivity index (χ3v) is 4.36. The highest BCUT2D eigenvalue weighted by Gasteiger charge is 2.04. The van der Waals surface area contributed by atoms with Crippen LogP contribution in [0, 0.1) is 0 Å². The quantitative estimate of drug-likeness (QED) is 0.555. The smallest absolute Gasteiger partial charge is 0.0928 e. The molecule has 6 heteroatoms. The van der Waals surface area contributed by atoms with E-state index in [0.29, 0.717) is 5.88 Å². The van der Waals surface area contributed by atoms with Gasteiger partial charge in [0.05, 0.1) is 22.8 Å². The van der Waals surface area contributed by atoms with Crippen molar-refractivity contribution in [2.24, 2.45) is 7.05 Å². The number of hydrogen-bond donors (Lipinski definition) is 0. The van der Waals surface area contributed by atoms with Gasteiger partial charge in [-0.05, 0) is 32.9 Å². The summed E-state index contributed by atoms with van der Waals surface area (Å²) in [5.74, 6) is 0.518. The highest BCUT2D eigenvalue weighted by atomic mass is 35.5. The second-order valence-electron chi connectivity index (χ2n) is 5.08. The summed E-state index contributed by atoms with van der Waals surface area (Å²) in [6, 6.07) is 0. The number of aryl methyl sites for hydroxylation is 2. The second kappa shape index (κ2) is 7.76. The Hall–Kier alpha value is -0.910. The first-order valence-electron chi connectivity index (χ1n) is 6.82. The minimum Gasteiger partial charge on any atom is -0.302 e. The standard InChI is InChI=1S/C14H21ClN4S/c1-18(9-12-8-16-19(2)10-12)6-4-3-5-14-17-13(7-15)11-20-14/h8,10-11H,3-7,9H2,1-2H3. The molecule has 4 nitrogen and oxygen atoms in total. The number of unbranched alkanes of at least 4 members (excludes halogenated alkanes) is 1. The van der Waals surface area contributed by atoms with Crippen LogP contribution in [0.1, 0.15) is 29.1 Å². The van der Waals surface area contributed by atoms with Crippen LogP contribution in [-0.4, -0.2) is 33.3 Å². The molecule has 0 amide bonds. The van der Waals surface area contributed by atoms with Crippen LogP contribution in [0.4, 0.5) is 0 Å². The summed E-state index contributed by atoms with van der Waals surface area (Å²) in [6.07, 6.45) is 7.42. The van der Waals surface area contributed by atoms with Gasteiger partial charge in [-0.25, -0.2) is 4.98 Å². The van der Waals surface area contributed by atoms with Gasteiger partial charge in [0.2, 0.25) is 0 Å². The lowest BCUT2D eigenvalue weighted by molar-refractivity contribution is 0.318. The highest BCUT2D eigenvalue weighted by Crippen LogP contribution is 2.14. The summed E-state index contributed by atoms with van der Waals surface area (Å²) >= 11 is 7.47. The molecular weight excluding hydrogens is 292 g/mol. The Morgan fingerprint density at radius 3 is 2.90 bits per heavy atom. The molecule has 0 saturated carbocycles. The van der Waals surface area contributed by atoms with E-state index in [2.05, 4.69) is 33.6 Å².